The molecule has 0 saturated heterocycles. The number of rotatable bonds is 6. The van der Waals surface area contributed by atoms with Crippen LogP contribution < -0.4 is 9.47 Å². The first-order valence-electron chi connectivity index (χ1n) is 10.7. The first kappa shape index (κ1) is 22.0. The number of carbonyl (C=O) groups is 2. The Labute approximate surface area is 193 Å². The number of hydrogen-bond donors (Lipinski definition) is 0. The van der Waals surface area contributed by atoms with E-state index < -0.39 is 17.4 Å². The fourth-order valence-corrected chi connectivity index (χ4v) is 3.76. The summed E-state index contributed by atoms with van der Waals surface area (Å²) in [6.45, 7) is 4.02. The monoisotopic (exact) mass is 436 g/mol. The average Bonchev–Trinajstić information content (AvgIpc) is 2.85. The zero-order valence-corrected chi connectivity index (χ0v) is 18.5. The maximum Gasteiger partial charge on any atom is 0.343 e. The van der Waals surface area contributed by atoms with E-state index >= 15 is 0 Å². The van der Waals surface area contributed by atoms with Crippen LogP contribution in [0.3, 0.4) is 0 Å². The highest BCUT2D eigenvalue weighted by molar-refractivity contribution is 5.92. The third kappa shape index (κ3) is 4.85. The Morgan fingerprint density at radius 1 is 0.515 bits per heavy atom. The Morgan fingerprint density at radius 2 is 0.848 bits per heavy atom. The van der Waals surface area contributed by atoms with Crippen LogP contribution in [0.4, 0.5) is 0 Å². The molecule has 0 fully saturated rings. The Bertz CT molecular complexity index is 1160. The molecule has 0 spiro atoms. The summed E-state index contributed by atoms with van der Waals surface area (Å²) < 4.78 is 11.6. The summed E-state index contributed by atoms with van der Waals surface area (Å²) in [6, 6.07) is 32.6. The van der Waals surface area contributed by atoms with Gasteiger partial charge in [0.05, 0.1) is 11.1 Å². The van der Waals surface area contributed by atoms with Gasteiger partial charge in [-0.25, -0.2) is 9.59 Å². The summed E-state index contributed by atoms with van der Waals surface area (Å²) in [7, 11) is 0. The molecule has 0 aliphatic heterocycles. The van der Waals surface area contributed by atoms with Crippen molar-refractivity contribution < 1.29 is 19.1 Å². The number of para-hydroxylation sites is 2. The lowest BCUT2D eigenvalue weighted by molar-refractivity contribution is 0.0725. The van der Waals surface area contributed by atoms with E-state index in [0.29, 0.717) is 22.6 Å². The fourth-order valence-electron chi connectivity index (χ4n) is 3.76. The molecular weight excluding hydrogens is 412 g/mol. The van der Waals surface area contributed by atoms with Crippen LogP contribution in [0, 0.1) is 0 Å². The molecule has 4 rings (SSSR count). The molecule has 0 bridgehead atoms. The van der Waals surface area contributed by atoms with Gasteiger partial charge in [-0.05, 0) is 36.4 Å². The van der Waals surface area contributed by atoms with Crippen molar-refractivity contribution in [3.8, 4) is 11.5 Å². The third-order valence-corrected chi connectivity index (χ3v) is 5.55. The van der Waals surface area contributed by atoms with E-state index in [1.807, 2.05) is 62.4 Å². The summed E-state index contributed by atoms with van der Waals surface area (Å²) in [6.07, 6.45) is 0. The molecule has 0 N–H and O–H groups in total. The zero-order chi connectivity index (χ0) is 23.3. The van der Waals surface area contributed by atoms with Gasteiger partial charge in [-0.15, -0.1) is 0 Å². The minimum Gasteiger partial charge on any atom is -0.423 e. The van der Waals surface area contributed by atoms with E-state index in [9.17, 15) is 9.59 Å². The van der Waals surface area contributed by atoms with Gasteiger partial charge in [0.15, 0.2) is 0 Å². The molecule has 0 heterocycles. The normalized spacial score (nSPS) is 11.0. The summed E-state index contributed by atoms with van der Waals surface area (Å²) >= 11 is 0. The lowest BCUT2D eigenvalue weighted by atomic mass is 9.77. The van der Waals surface area contributed by atoms with Crippen molar-refractivity contribution in [1.29, 1.82) is 0 Å². The maximum absolute atomic E-state index is 12.7. The van der Waals surface area contributed by atoms with E-state index in [1.165, 1.54) is 0 Å². The number of hydrogen-bond acceptors (Lipinski definition) is 4. The highest BCUT2D eigenvalue weighted by Crippen LogP contribution is 2.41. The molecule has 164 valence electrons. The number of benzene rings is 4. The molecule has 0 amide bonds. The van der Waals surface area contributed by atoms with Crippen LogP contribution in [0.15, 0.2) is 109 Å². The van der Waals surface area contributed by atoms with Crippen molar-refractivity contribution in [3.63, 3.8) is 0 Å². The fraction of sp³-hybridized carbons (Fsp3) is 0.103. The topological polar surface area (TPSA) is 52.6 Å². The second-order valence-corrected chi connectivity index (χ2v) is 8.13. The van der Waals surface area contributed by atoms with Gasteiger partial charge >= 0.3 is 11.9 Å². The highest BCUT2D eigenvalue weighted by Gasteiger charge is 2.31. The molecule has 0 saturated carbocycles. The number of carbonyl (C=O) groups excluding carboxylic acids is 2. The maximum atomic E-state index is 12.7. The molecule has 4 aromatic carbocycles. The van der Waals surface area contributed by atoms with Gasteiger partial charge in [0.1, 0.15) is 11.5 Å². The van der Waals surface area contributed by atoms with Gasteiger partial charge in [-0.2, -0.15) is 0 Å². The van der Waals surface area contributed by atoms with Crippen molar-refractivity contribution in [3.05, 3.63) is 131 Å². The molecule has 0 atom stereocenters. The van der Waals surface area contributed by atoms with E-state index in [0.717, 1.165) is 11.1 Å². The zero-order valence-electron chi connectivity index (χ0n) is 18.5. The Kier molecular flexibility index (Phi) is 6.36. The molecule has 4 heteroatoms. The first-order valence-corrected chi connectivity index (χ1v) is 10.7. The molecule has 33 heavy (non-hydrogen) atoms. The largest absolute Gasteiger partial charge is 0.423 e. The van der Waals surface area contributed by atoms with Crippen molar-refractivity contribution in [2.75, 3.05) is 0 Å². The van der Waals surface area contributed by atoms with Crippen molar-refractivity contribution in [2.24, 2.45) is 0 Å². The van der Waals surface area contributed by atoms with Crippen LogP contribution in [0.1, 0.15) is 45.7 Å². The highest BCUT2D eigenvalue weighted by atomic mass is 16.5. The van der Waals surface area contributed by atoms with Crippen LogP contribution in [-0.4, -0.2) is 11.9 Å². The standard InChI is InChI=1S/C29H24O4/c1-29(2,23-17-9-11-19-25(23)32-27(30)21-13-5-3-6-14-21)24-18-10-12-20-26(24)33-28(31)22-15-7-4-8-16-22/h3-20H,1-2H3. The molecule has 4 aromatic rings. The number of ether oxygens (including phenoxy) is 2. The van der Waals surface area contributed by atoms with Crippen molar-refractivity contribution in [1.82, 2.24) is 0 Å². The molecule has 4 nitrogen and oxygen atoms in total. The summed E-state index contributed by atoms with van der Waals surface area (Å²) in [5.41, 5.74) is 1.93. The molecule has 0 unspecified atom stereocenters. The van der Waals surface area contributed by atoms with Gasteiger partial charge in [0, 0.05) is 16.5 Å². The Balaban J connectivity index is 1.67. The minimum absolute atomic E-state index is 0.428. The summed E-state index contributed by atoms with van der Waals surface area (Å²) in [5, 5.41) is 0. The second-order valence-electron chi connectivity index (χ2n) is 8.13. The van der Waals surface area contributed by atoms with Gasteiger partial charge in [-0.3, -0.25) is 0 Å². The van der Waals surface area contributed by atoms with Gasteiger partial charge in [-0.1, -0.05) is 86.6 Å². The first-order chi connectivity index (χ1) is 16.0. The molecule has 0 aromatic heterocycles. The van der Waals surface area contributed by atoms with E-state index in [4.69, 9.17) is 9.47 Å². The van der Waals surface area contributed by atoms with Gasteiger partial charge in [0.2, 0.25) is 0 Å². The lowest BCUT2D eigenvalue weighted by Gasteiger charge is -2.29. The quantitative estimate of drug-likeness (QED) is 0.257. The van der Waals surface area contributed by atoms with E-state index in [2.05, 4.69) is 0 Å². The predicted molar refractivity (Wildman–Crippen MR) is 128 cm³/mol. The van der Waals surface area contributed by atoms with Gasteiger partial charge < -0.3 is 9.47 Å². The number of esters is 2. The van der Waals surface area contributed by atoms with Crippen LogP contribution >= 0.6 is 0 Å². The molecular formula is C29H24O4. The SMILES string of the molecule is CC(C)(c1ccccc1OC(=O)c1ccccc1)c1ccccc1OC(=O)c1ccccc1. The van der Waals surface area contributed by atoms with Crippen molar-refractivity contribution >= 4 is 11.9 Å². The molecule has 0 aliphatic carbocycles. The predicted octanol–water partition coefficient (Wildman–Crippen LogP) is 6.45. The minimum atomic E-state index is -0.624. The summed E-state index contributed by atoms with van der Waals surface area (Å²) in [4.78, 5) is 25.4. The average molecular weight is 437 g/mol. The van der Waals surface area contributed by atoms with E-state index in [-0.39, 0.29) is 0 Å². The lowest BCUT2D eigenvalue weighted by Crippen LogP contribution is -2.23. The van der Waals surface area contributed by atoms with Crippen LogP contribution in [0.2, 0.25) is 0 Å². The van der Waals surface area contributed by atoms with Crippen LogP contribution in [-0.2, 0) is 5.41 Å². The molecule has 0 aliphatic rings. The van der Waals surface area contributed by atoms with Crippen LogP contribution in [0.25, 0.3) is 0 Å². The van der Waals surface area contributed by atoms with Crippen molar-refractivity contribution in [2.45, 2.75) is 19.3 Å². The summed E-state index contributed by atoms with van der Waals surface area (Å²) in [5.74, 6) is 0.0614. The Morgan fingerprint density at radius 3 is 1.24 bits per heavy atom. The molecule has 0 radical (unpaired) electrons. The third-order valence-electron chi connectivity index (χ3n) is 5.55. The second kappa shape index (κ2) is 9.53. The van der Waals surface area contributed by atoms with Crippen LogP contribution in [0.5, 0.6) is 11.5 Å². The van der Waals surface area contributed by atoms with Gasteiger partial charge in [0.25, 0.3) is 0 Å². The Hall–Kier alpha value is -4.18. The van der Waals surface area contributed by atoms with E-state index in [1.54, 1.807) is 60.7 Å². The smallest absolute Gasteiger partial charge is 0.343 e.